The van der Waals surface area contributed by atoms with Gasteiger partial charge in [-0.2, -0.15) is 11.8 Å². The van der Waals surface area contributed by atoms with Gasteiger partial charge in [-0.3, -0.25) is 4.90 Å². The summed E-state index contributed by atoms with van der Waals surface area (Å²) in [4.78, 5) is 16.8. The van der Waals surface area contributed by atoms with Gasteiger partial charge < -0.3 is 10.2 Å². The third kappa shape index (κ3) is 4.09. The van der Waals surface area contributed by atoms with Crippen molar-refractivity contribution in [3.63, 3.8) is 0 Å². The van der Waals surface area contributed by atoms with E-state index >= 15 is 0 Å². The lowest BCUT2D eigenvalue weighted by molar-refractivity contribution is 0.108. The lowest BCUT2D eigenvalue weighted by atomic mass is 10.1. The Morgan fingerprint density at radius 2 is 1.73 bits per heavy atom. The third-order valence-electron chi connectivity index (χ3n) is 4.40. The van der Waals surface area contributed by atoms with E-state index in [4.69, 9.17) is 11.6 Å². The van der Waals surface area contributed by atoms with Crippen molar-refractivity contribution in [3.05, 3.63) is 29.3 Å². The van der Waals surface area contributed by atoms with Gasteiger partial charge in [-0.15, -0.1) is 0 Å². The Hall–Kier alpha value is -0.910. The number of thioether (sulfide) groups is 1. The summed E-state index contributed by atoms with van der Waals surface area (Å²) in [5, 5.41) is 3.62. The van der Waals surface area contributed by atoms with Crippen LogP contribution >= 0.6 is 23.4 Å². The average molecular weight is 340 g/mol. The molecule has 0 aromatic heterocycles. The molecule has 1 N–H and O–H groups in total. The Morgan fingerprint density at radius 3 is 2.36 bits per heavy atom. The fourth-order valence-electron chi connectivity index (χ4n) is 3.08. The smallest absolute Gasteiger partial charge is 0.321 e. The minimum Gasteiger partial charge on any atom is -0.322 e. The van der Waals surface area contributed by atoms with Crippen LogP contribution in [0.4, 0.5) is 10.5 Å². The maximum absolute atomic E-state index is 12.3. The van der Waals surface area contributed by atoms with Gasteiger partial charge in [0.25, 0.3) is 0 Å². The normalized spacial score (nSPS) is 20.9. The molecule has 0 bridgehead atoms. The number of halogens is 1. The first kappa shape index (κ1) is 16.0. The summed E-state index contributed by atoms with van der Waals surface area (Å²) in [5.74, 6) is 2.56. The molecule has 120 valence electrons. The average Bonchev–Trinajstić information content (AvgIpc) is 2.58. The largest absolute Gasteiger partial charge is 0.322 e. The van der Waals surface area contributed by atoms with E-state index in [1.165, 1.54) is 24.3 Å². The number of piperazine rings is 1. The zero-order chi connectivity index (χ0) is 15.4. The minimum absolute atomic E-state index is 0.0128. The molecular formula is C16H22ClN3OS. The van der Waals surface area contributed by atoms with Gasteiger partial charge >= 0.3 is 6.03 Å². The molecule has 2 aliphatic rings. The maximum Gasteiger partial charge on any atom is 0.321 e. The fourth-order valence-corrected chi connectivity index (χ4v) is 4.28. The van der Waals surface area contributed by atoms with Crippen molar-refractivity contribution in [2.45, 2.75) is 18.9 Å². The van der Waals surface area contributed by atoms with E-state index in [1.807, 2.05) is 17.0 Å². The van der Waals surface area contributed by atoms with Gasteiger partial charge in [-0.05, 0) is 48.6 Å². The molecule has 1 aromatic rings. The highest BCUT2D eigenvalue weighted by molar-refractivity contribution is 7.99. The Balaban J connectivity index is 1.48. The van der Waals surface area contributed by atoms with Gasteiger partial charge in [0, 0.05) is 42.9 Å². The van der Waals surface area contributed by atoms with E-state index in [2.05, 4.69) is 22.0 Å². The molecule has 0 aliphatic carbocycles. The van der Waals surface area contributed by atoms with E-state index < -0.39 is 0 Å². The van der Waals surface area contributed by atoms with Crippen LogP contribution in [0.25, 0.3) is 0 Å². The predicted molar refractivity (Wildman–Crippen MR) is 94.0 cm³/mol. The van der Waals surface area contributed by atoms with E-state index in [0.717, 1.165) is 37.9 Å². The number of hydrogen-bond donors (Lipinski definition) is 1. The molecule has 0 saturated carbocycles. The number of benzene rings is 1. The Kier molecular flexibility index (Phi) is 5.50. The number of anilines is 1. The van der Waals surface area contributed by atoms with Gasteiger partial charge in [0.2, 0.25) is 0 Å². The van der Waals surface area contributed by atoms with Gasteiger partial charge in [0.05, 0.1) is 0 Å². The van der Waals surface area contributed by atoms with Crippen LogP contribution in [-0.2, 0) is 0 Å². The number of carbonyl (C=O) groups is 1. The van der Waals surface area contributed by atoms with Crippen molar-refractivity contribution >= 4 is 35.1 Å². The minimum atomic E-state index is -0.0128. The number of carbonyl (C=O) groups excluding carboxylic acids is 1. The molecule has 3 rings (SSSR count). The van der Waals surface area contributed by atoms with E-state index in [9.17, 15) is 4.79 Å². The standard InChI is InChI=1S/C16H22ClN3OS/c17-13-1-3-14(4-2-13)18-16(21)20-9-7-19(8-10-20)15-5-11-22-12-6-15/h1-4,15H,5-12H2,(H,18,21). The molecule has 6 heteroatoms. The van der Waals surface area contributed by atoms with Gasteiger partial charge in [-0.25, -0.2) is 4.79 Å². The summed E-state index contributed by atoms with van der Waals surface area (Å²) in [6, 6.07) is 7.95. The molecule has 2 amide bonds. The molecule has 0 unspecified atom stereocenters. The van der Waals surface area contributed by atoms with Crippen LogP contribution in [0.2, 0.25) is 5.02 Å². The first-order valence-corrected chi connectivity index (χ1v) is 9.39. The van der Waals surface area contributed by atoms with Crippen molar-refractivity contribution in [1.29, 1.82) is 0 Å². The van der Waals surface area contributed by atoms with Crippen molar-refractivity contribution in [2.24, 2.45) is 0 Å². The van der Waals surface area contributed by atoms with Crippen LogP contribution in [0.15, 0.2) is 24.3 Å². The summed E-state index contributed by atoms with van der Waals surface area (Å²) in [7, 11) is 0. The molecular weight excluding hydrogens is 318 g/mol. The number of amides is 2. The Bertz CT molecular complexity index is 497. The summed E-state index contributed by atoms with van der Waals surface area (Å²) >= 11 is 7.92. The zero-order valence-corrected chi connectivity index (χ0v) is 14.2. The highest BCUT2D eigenvalue weighted by Gasteiger charge is 2.27. The number of rotatable bonds is 2. The van der Waals surface area contributed by atoms with Crippen molar-refractivity contribution in [2.75, 3.05) is 43.0 Å². The van der Waals surface area contributed by atoms with Crippen LogP contribution in [0, 0.1) is 0 Å². The van der Waals surface area contributed by atoms with Crippen LogP contribution < -0.4 is 5.32 Å². The second-order valence-corrected chi connectivity index (χ2v) is 7.46. The SMILES string of the molecule is O=C(Nc1ccc(Cl)cc1)N1CCN(C2CCSCC2)CC1. The van der Waals surface area contributed by atoms with Gasteiger partial charge in [0.15, 0.2) is 0 Å². The first-order valence-electron chi connectivity index (χ1n) is 7.86. The lowest BCUT2D eigenvalue weighted by Gasteiger charge is -2.40. The third-order valence-corrected chi connectivity index (χ3v) is 5.70. The number of nitrogens with zero attached hydrogens (tertiary/aromatic N) is 2. The molecule has 2 saturated heterocycles. The van der Waals surface area contributed by atoms with Crippen molar-refractivity contribution in [3.8, 4) is 0 Å². The van der Waals surface area contributed by atoms with Crippen molar-refractivity contribution < 1.29 is 4.79 Å². The second kappa shape index (κ2) is 7.57. The highest BCUT2D eigenvalue weighted by atomic mass is 35.5. The monoisotopic (exact) mass is 339 g/mol. The van der Waals surface area contributed by atoms with E-state index in [0.29, 0.717) is 5.02 Å². The molecule has 2 fully saturated rings. The molecule has 1 aromatic carbocycles. The molecule has 0 spiro atoms. The molecule has 4 nitrogen and oxygen atoms in total. The summed E-state index contributed by atoms with van der Waals surface area (Å²) in [6.07, 6.45) is 2.59. The summed E-state index contributed by atoms with van der Waals surface area (Å²) in [5.41, 5.74) is 0.793. The van der Waals surface area contributed by atoms with Crippen LogP contribution in [0.1, 0.15) is 12.8 Å². The summed E-state index contributed by atoms with van der Waals surface area (Å²) < 4.78 is 0. The fraction of sp³-hybridized carbons (Fsp3) is 0.562. The topological polar surface area (TPSA) is 35.6 Å². The van der Waals surface area contributed by atoms with Crippen LogP contribution in [-0.4, -0.2) is 59.6 Å². The molecule has 0 atom stereocenters. The van der Waals surface area contributed by atoms with Gasteiger partial charge in [0.1, 0.15) is 0 Å². The van der Waals surface area contributed by atoms with Crippen LogP contribution in [0.3, 0.4) is 0 Å². The number of urea groups is 1. The molecule has 0 radical (unpaired) electrons. The first-order chi connectivity index (χ1) is 10.7. The molecule has 2 heterocycles. The van der Waals surface area contributed by atoms with Crippen molar-refractivity contribution in [1.82, 2.24) is 9.80 Å². The maximum atomic E-state index is 12.3. The quantitative estimate of drug-likeness (QED) is 0.897. The Labute approximate surface area is 141 Å². The van der Waals surface area contributed by atoms with E-state index in [-0.39, 0.29) is 6.03 Å². The lowest BCUT2D eigenvalue weighted by Crippen LogP contribution is -2.53. The Morgan fingerprint density at radius 1 is 1.09 bits per heavy atom. The van der Waals surface area contributed by atoms with Gasteiger partial charge in [-0.1, -0.05) is 11.6 Å². The van der Waals surface area contributed by atoms with E-state index in [1.54, 1.807) is 12.1 Å². The predicted octanol–water partition coefficient (Wildman–Crippen LogP) is 3.39. The van der Waals surface area contributed by atoms with Crippen LogP contribution in [0.5, 0.6) is 0 Å². The number of nitrogens with one attached hydrogen (secondary N) is 1. The number of hydrogen-bond acceptors (Lipinski definition) is 3. The highest BCUT2D eigenvalue weighted by Crippen LogP contribution is 2.23. The zero-order valence-electron chi connectivity index (χ0n) is 12.6. The summed E-state index contributed by atoms with van der Waals surface area (Å²) in [6.45, 7) is 3.60. The molecule has 2 aliphatic heterocycles. The molecule has 22 heavy (non-hydrogen) atoms. The second-order valence-electron chi connectivity index (χ2n) is 5.80.